The van der Waals surface area contributed by atoms with E-state index in [1.54, 1.807) is 46.4 Å². The first-order valence-electron chi connectivity index (χ1n) is 9.61. The number of carboxylic acid groups (broad SMARTS) is 1. The van der Waals surface area contributed by atoms with Crippen molar-refractivity contribution in [2.45, 2.75) is 84.4 Å². The predicted octanol–water partition coefficient (Wildman–Crippen LogP) is 3.06. The molecule has 1 saturated heterocycles. The summed E-state index contributed by atoms with van der Waals surface area (Å²) in [6.45, 7) is 12.3. The van der Waals surface area contributed by atoms with Gasteiger partial charge in [-0.3, -0.25) is 9.69 Å². The summed E-state index contributed by atoms with van der Waals surface area (Å²) >= 11 is 0. The number of nitrogens with zero attached hydrogens (tertiary/aromatic N) is 2. The molecule has 0 saturated carbocycles. The number of carbonyl (C=O) groups is 3. The number of carbonyl (C=O) groups excluding carboxylic acids is 2. The van der Waals surface area contributed by atoms with Gasteiger partial charge in [0.25, 0.3) is 0 Å². The minimum atomic E-state index is -1.07. The minimum absolute atomic E-state index is 0.151. The Bertz CT molecular complexity index is 536. The number of rotatable bonds is 5. The lowest BCUT2D eigenvalue weighted by atomic mass is 10.00. The molecule has 8 nitrogen and oxygen atoms in total. The first kappa shape index (κ1) is 23.0. The molecule has 8 heteroatoms. The van der Waals surface area contributed by atoms with Crippen molar-refractivity contribution in [3.8, 4) is 0 Å². The highest BCUT2D eigenvalue weighted by Gasteiger charge is 2.39. The van der Waals surface area contributed by atoms with Crippen LogP contribution >= 0.6 is 0 Å². The van der Waals surface area contributed by atoms with Gasteiger partial charge >= 0.3 is 12.2 Å². The fraction of sp³-hybridized carbons (Fsp3) is 0.842. The van der Waals surface area contributed by atoms with E-state index in [1.165, 1.54) is 4.90 Å². The molecule has 0 aromatic carbocycles. The highest BCUT2D eigenvalue weighted by Crippen LogP contribution is 2.25. The van der Waals surface area contributed by atoms with Crippen LogP contribution in [0.2, 0.25) is 0 Å². The summed E-state index contributed by atoms with van der Waals surface area (Å²) in [4.78, 5) is 39.4. The van der Waals surface area contributed by atoms with E-state index in [0.717, 1.165) is 12.8 Å². The van der Waals surface area contributed by atoms with Crippen LogP contribution in [0.5, 0.6) is 0 Å². The maximum atomic E-state index is 13.0. The van der Waals surface area contributed by atoms with Crippen LogP contribution in [0.3, 0.4) is 0 Å². The average Bonchev–Trinajstić information content (AvgIpc) is 2.63. The van der Waals surface area contributed by atoms with E-state index in [4.69, 9.17) is 4.74 Å². The Morgan fingerprint density at radius 3 is 2.37 bits per heavy atom. The SMILES string of the molecule is CC(C)(C)OC(=O)NCCCN1CCCC[C@H](N(C(=O)O)C(C)(C)C)C1=O. The van der Waals surface area contributed by atoms with E-state index in [2.05, 4.69) is 5.32 Å². The van der Waals surface area contributed by atoms with Crippen LogP contribution in [0.1, 0.15) is 67.2 Å². The van der Waals surface area contributed by atoms with Crippen molar-refractivity contribution in [3.63, 3.8) is 0 Å². The van der Waals surface area contributed by atoms with Crippen molar-refractivity contribution >= 4 is 18.1 Å². The normalized spacial score (nSPS) is 18.7. The molecule has 0 bridgehead atoms. The van der Waals surface area contributed by atoms with Crippen LogP contribution < -0.4 is 5.32 Å². The van der Waals surface area contributed by atoms with Crippen molar-refractivity contribution in [1.29, 1.82) is 0 Å². The molecular weight excluding hydrogens is 350 g/mol. The molecule has 0 spiro atoms. The van der Waals surface area contributed by atoms with Gasteiger partial charge in [-0.2, -0.15) is 0 Å². The molecule has 1 atom stereocenters. The van der Waals surface area contributed by atoms with Crippen molar-refractivity contribution in [2.24, 2.45) is 0 Å². The third-order valence-electron chi connectivity index (χ3n) is 4.27. The van der Waals surface area contributed by atoms with E-state index in [0.29, 0.717) is 32.5 Å². The van der Waals surface area contributed by atoms with Gasteiger partial charge in [-0.05, 0) is 67.2 Å². The van der Waals surface area contributed by atoms with Crippen LogP contribution in [-0.2, 0) is 9.53 Å². The first-order chi connectivity index (χ1) is 12.3. The van der Waals surface area contributed by atoms with Crippen LogP contribution in [0.25, 0.3) is 0 Å². The van der Waals surface area contributed by atoms with Gasteiger partial charge in [0.15, 0.2) is 0 Å². The molecule has 0 aromatic rings. The molecule has 1 aliphatic heterocycles. The summed E-state index contributed by atoms with van der Waals surface area (Å²) in [6.07, 6.45) is 1.22. The lowest BCUT2D eigenvalue weighted by molar-refractivity contribution is -0.137. The van der Waals surface area contributed by atoms with Crippen molar-refractivity contribution < 1.29 is 24.2 Å². The monoisotopic (exact) mass is 385 g/mol. The van der Waals surface area contributed by atoms with E-state index in [9.17, 15) is 19.5 Å². The summed E-state index contributed by atoms with van der Waals surface area (Å²) in [6, 6.07) is -0.663. The zero-order chi connectivity index (χ0) is 20.8. The zero-order valence-corrected chi connectivity index (χ0v) is 17.5. The van der Waals surface area contributed by atoms with E-state index < -0.39 is 29.4 Å². The summed E-state index contributed by atoms with van der Waals surface area (Å²) in [5.41, 5.74) is -1.20. The molecule has 0 aliphatic carbocycles. The highest BCUT2D eigenvalue weighted by atomic mass is 16.6. The Morgan fingerprint density at radius 1 is 1.22 bits per heavy atom. The Kier molecular flexibility index (Phi) is 7.92. The van der Waals surface area contributed by atoms with Gasteiger partial charge in [0, 0.05) is 25.2 Å². The van der Waals surface area contributed by atoms with Crippen LogP contribution in [-0.4, -0.2) is 69.8 Å². The Hall–Kier alpha value is -1.99. The molecule has 1 fully saturated rings. The number of hydrogen-bond acceptors (Lipinski definition) is 4. The smallest absolute Gasteiger partial charge is 0.408 e. The second-order valence-electron chi connectivity index (χ2n) is 8.94. The first-order valence-corrected chi connectivity index (χ1v) is 9.61. The van der Waals surface area contributed by atoms with Gasteiger partial charge in [-0.1, -0.05) is 0 Å². The summed E-state index contributed by atoms with van der Waals surface area (Å²) in [5.74, 6) is -0.151. The maximum Gasteiger partial charge on any atom is 0.408 e. The van der Waals surface area contributed by atoms with Gasteiger partial charge in [-0.25, -0.2) is 9.59 Å². The van der Waals surface area contributed by atoms with Crippen LogP contribution in [0, 0.1) is 0 Å². The number of ether oxygens (including phenoxy) is 1. The number of nitrogens with one attached hydrogen (secondary N) is 1. The Labute approximate surface area is 162 Å². The second kappa shape index (κ2) is 9.28. The molecule has 156 valence electrons. The lowest BCUT2D eigenvalue weighted by Crippen LogP contribution is -2.57. The molecule has 1 heterocycles. The molecule has 0 unspecified atom stereocenters. The summed E-state index contributed by atoms with van der Waals surface area (Å²) < 4.78 is 5.18. The summed E-state index contributed by atoms with van der Waals surface area (Å²) in [5, 5.41) is 12.3. The molecule has 1 aliphatic rings. The molecule has 1 rings (SSSR count). The minimum Gasteiger partial charge on any atom is -0.465 e. The quantitative estimate of drug-likeness (QED) is 0.709. The third-order valence-corrected chi connectivity index (χ3v) is 4.27. The van der Waals surface area contributed by atoms with Crippen molar-refractivity contribution in [2.75, 3.05) is 19.6 Å². The Balaban J connectivity index is 2.64. The van der Waals surface area contributed by atoms with E-state index in [-0.39, 0.29) is 5.91 Å². The third kappa shape index (κ3) is 7.64. The number of likely N-dealkylation sites (tertiary alicyclic amines) is 1. The van der Waals surface area contributed by atoms with E-state index >= 15 is 0 Å². The zero-order valence-electron chi connectivity index (χ0n) is 17.5. The molecule has 2 N–H and O–H groups in total. The van der Waals surface area contributed by atoms with Gasteiger partial charge in [0.2, 0.25) is 5.91 Å². The van der Waals surface area contributed by atoms with Gasteiger partial charge < -0.3 is 20.1 Å². The predicted molar refractivity (Wildman–Crippen MR) is 103 cm³/mol. The van der Waals surface area contributed by atoms with Crippen LogP contribution in [0.15, 0.2) is 0 Å². The number of hydrogen-bond donors (Lipinski definition) is 2. The van der Waals surface area contributed by atoms with Gasteiger partial charge in [0.05, 0.1) is 0 Å². The largest absolute Gasteiger partial charge is 0.465 e. The summed E-state index contributed by atoms with van der Waals surface area (Å²) in [7, 11) is 0. The van der Waals surface area contributed by atoms with Gasteiger partial charge in [0.1, 0.15) is 11.6 Å². The van der Waals surface area contributed by atoms with Crippen LogP contribution in [0.4, 0.5) is 9.59 Å². The fourth-order valence-electron chi connectivity index (χ4n) is 3.21. The van der Waals surface area contributed by atoms with Gasteiger partial charge in [-0.15, -0.1) is 0 Å². The Morgan fingerprint density at radius 2 is 1.85 bits per heavy atom. The van der Waals surface area contributed by atoms with E-state index in [1.807, 2.05) is 0 Å². The molecular formula is C19H35N3O5. The van der Waals surface area contributed by atoms with Crippen molar-refractivity contribution in [1.82, 2.24) is 15.1 Å². The second-order valence-corrected chi connectivity index (χ2v) is 8.94. The molecule has 27 heavy (non-hydrogen) atoms. The number of alkyl carbamates (subject to hydrolysis) is 1. The molecule has 3 amide bonds. The standard InChI is InChI=1S/C19H35N3O5/c1-18(2,3)22(17(25)26)14-10-7-8-12-21(15(14)23)13-9-11-20-16(24)27-19(4,5)6/h14H,7-13H2,1-6H3,(H,20,24)(H,25,26)/t14-/m0/s1. The highest BCUT2D eigenvalue weighted by molar-refractivity contribution is 5.86. The fourth-order valence-corrected chi connectivity index (χ4v) is 3.21. The maximum absolute atomic E-state index is 13.0. The topological polar surface area (TPSA) is 99.2 Å². The average molecular weight is 386 g/mol. The molecule has 0 aromatic heterocycles. The van der Waals surface area contributed by atoms with Crippen molar-refractivity contribution in [3.05, 3.63) is 0 Å². The number of amides is 3. The molecule has 0 radical (unpaired) electrons. The lowest BCUT2D eigenvalue weighted by Gasteiger charge is -2.39.